The molecule has 1 aromatic rings. The predicted molar refractivity (Wildman–Crippen MR) is 67.3 cm³/mol. The molecule has 15 heavy (non-hydrogen) atoms. The first-order chi connectivity index (χ1) is 7.36. The van der Waals surface area contributed by atoms with Gasteiger partial charge in [0, 0.05) is 0 Å². The molecular formula is C14H23N. The summed E-state index contributed by atoms with van der Waals surface area (Å²) in [6.07, 6.45) is 4.84. The van der Waals surface area contributed by atoms with Crippen molar-refractivity contribution < 1.29 is 0 Å². The predicted octanol–water partition coefficient (Wildman–Crippen LogP) is 3.18. The van der Waals surface area contributed by atoms with Gasteiger partial charge in [0.15, 0.2) is 0 Å². The highest BCUT2D eigenvalue weighted by molar-refractivity contribution is 5.22. The normalized spacial score (nSPS) is 10.5. The summed E-state index contributed by atoms with van der Waals surface area (Å²) >= 11 is 0. The molecular weight excluding hydrogens is 182 g/mol. The van der Waals surface area contributed by atoms with Crippen molar-refractivity contribution in [1.29, 1.82) is 0 Å². The van der Waals surface area contributed by atoms with E-state index in [-0.39, 0.29) is 0 Å². The lowest BCUT2D eigenvalue weighted by Crippen LogP contribution is -2.18. The molecule has 0 bridgehead atoms. The van der Waals surface area contributed by atoms with Crippen LogP contribution in [0.1, 0.15) is 37.8 Å². The Labute approximate surface area is 93.9 Å². The number of rotatable bonds is 7. The summed E-state index contributed by atoms with van der Waals surface area (Å²) in [5.41, 5.74) is 2.87. The second-order valence-electron chi connectivity index (χ2n) is 4.02. The summed E-state index contributed by atoms with van der Waals surface area (Å²) in [6, 6.07) is 8.98. The average molecular weight is 205 g/mol. The minimum absolute atomic E-state index is 1.10. The monoisotopic (exact) mass is 205 g/mol. The third kappa shape index (κ3) is 4.98. The van der Waals surface area contributed by atoms with E-state index in [1.54, 1.807) is 0 Å². The van der Waals surface area contributed by atoms with E-state index in [0.717, 1.165) is 25.9 Å². The summed E-state index contributed by atoms with van der Waals surface area (Å²) in [5.74, 6) is 0. The van der Waals surface area contributed by atoms with Crippen molar-refractivity contribution >= 4 is 0 Å². The van der Waals surface area contributed by atoms with Gasteiger partial charge in [0.1, 0.15) is 0 Å². The van der Waals surface area contributed by atoms with E-state index in [9.17, 15) is 0 Å². The first-order valence-corrected chi connectivity index (χ1v) is 6.15. The minimum Gasteiger partial charge on any atom is -0.316 e. The summed E-state index contributed by atoms with van der Waals surface area (Å²) in [5, 5.41) is 3.46. The van der Waals surface area contributed by atoms with Crippen LogP contribution >= 0.6 is 0 Å². The number of unbranched alkanes of at least 4 members (excludes halogenated alkanes) is 1. The fourth-order valence-corrected chi connectivity index (χ4v) is 1.60. The Bertz CT molecular complexity index is 251. The van der Waals surface area contributed by atoms with Crippen LogP contribution in [0, 0.1) is 0 Å². The first-order valence-electron chi connectivity index (χ1n) is 6.15. The standard InChI is InChI=1S/C14H23N/c1-3-5-11-15-12-10-14-8-6-13(4-2)7-9-14/h6-9,15H,3-5,10-12H2,1-2H3. The fraction of sp³-hybridized carbons (Fsp3) is 0.571. The Hall–Kier alpha value is -0.820. The highest BCUT2D eigenvalue weighted by Gasteiger charge is 1.93. The van der Waals surface area contributed by atoms with Crippen molar-refractivity contribution in [3.8, 4) is 0 Å². The smallest absolute Gasteiger partial charge is 0.000835 e. The van der Waals surface area contributed by atoms with Gasteiger partial charge in [0.2, 0.25) is 0 Å². The molecule has 0 amide bonds. The molecule has 1 nitrogen and oxygen atoms in total. The molecule has 0 aliphatic rings. The molecule has 0 unspecified atom stereocenters. The molecule has 0 atom stereocenters. The van der Waals surface area contributed by atoms with Crippen molar-refractivity contribution in [2.75, 3.05) is 13.1 Å². The summed E-state index contributed by atoms with van der Waals surface area (Å²) in [6.45, 7) is 6.68. The number of nitrogens with one attached hydrogen (secondary N) is 1. The van der Waals surface area contributed by atoms with Gasteiger partial charge in [0.05, 0.1) is 0 Å². The molecule has 0 saturated carbocycles. The van der Waals surface area contributed by atoms with Crippen LogP contribution in [0.2, 0.25) is 0 Å². The molecule has 0 heterocycles. The number of benzene rings is 1. The highest BCUT2D eigenvalue weighted by Crippen LogP contribution is 2.05. The lowest BCUT2D eigenvalue weighted by molar-refractivity contribution is 0.640. The quantitative estimate of drug-likeness (QED) is 0.674. The van der Waals surface area contributed by atoms with Crippen LogP contribution < -0.4 is 5.32 Å². The van der Waals surface area contributed by atoms with E-state index in [1.165, 1.54) is 24.0 Å². The maximum atomic E-state index is 3.46. The van der Waals surface area contributed by atoms with E-state index in [1.807, 2.05) is 0 Å². The molecule has 0 aromatic heterocycles. The molecule has 1 rings (SSSR count). The minimum atomic E-state index is 1.10. The zero-order valence-corrected chi connectivity index (χ0v) is 10.1. The molecule has 0 saturated heterocycles. The van der Waals surface area contributed by atoms with Crippen molar-refractivity contribution in [2.24, 2.45) is 0 Å². The van der Waals surface area contributed by atoms with Crippen molar-refractivity contribution in [2.45, 2.75) is 39.5 Å². The largest absolute Gasteiger partial charge is 0.316 e. The van der Waals surface area contributed by atoms with Crippen molar-refractivity contribution in [3.05, 3.63) is 35.4 Å². The van der Waals surface area contributed by atoms with Gasteiger partial charge in [-0.15, -0.1) is 0 Å². The van der Waals surface area contributed by atoms with Gasteiger partial charge in [-0.05, 0) is 43.5 Å². The number of hydrogen-bond donors (Lipinski definition) is 1. The van der Waals surface area contributed by atoms with Crippen LogP contribution in [-0.2, 0) is 12.8 Å². The lowest BCUT2D eigenvalue weighted by atomic mass is 10.1. The first kappa shape index (κ1) is 12.3. The van der Waals surface area contributed by atoms with E-state index >= 15 is 0 Å². The van der Waals surface area contributed by atoms with Gasteiger partial charge in [0.25, 0.3) is 0 Å². The molecule has 1 aromatic carbocycles. The van der Waals surface area contributed by atoms with Crippen LogP contribution in [0.4, 0.5) is 0 Å². The van der Waals surface area contributed by atoms with E-state index in [0.29, 0.717) is 0 Å². The van der Waals surface area contributed by atoms with Gasteiger partial charge in [-0.3, -0.25) is 0 Å². The van der Waals surface area contributed by atoms with Crippen molar-refractivity contribution in [1.82, 2.24) is 5.32 Å². The Morgan fingerprint density at radius 3 is 2.20 bits per heavy atom. The Morgan fingerprint density at radius 1 is 0.933 bits per heavy atom. The summed E-state index contributed by atoms with van der Waals surface area (Å²) in [4.78, 5) is 0. The van der Waals surface area contributed by atoms with Gasteiger partial charge in [-0.25, -0.2) is 0 Å². The second-order valence-corrected chi connectivity index (χ2v) is 4.02. The molecule has 1 N–H and O–H groups in total. The number of aryl methyl sites for hydroxylation is 1. The molecule has 1 heteroatoms. The zero-order valence-electron chi connectivity index (χ0n) is 10.1. The highest BCUT2D eigenvalue weighted by atomic mass is 14.8. The Morgan fingerprint density at radius 2 is 1.60 bits per heavy atom. The lowest BCUT2D eigenvalue weighted by Gasteiger charge is -2.04. The molecule has 84 valence electrons. The van der Waals surface area contributed by atoms with E-state index in [4.69, 9.17) is 0 Å². The molecule has 0 aliphatic carbocycles. The number of hydrogen-bond acceptors (Lipinski definition) is 1. The maximum absolute atomic E-state index is 3.46. The molecule has 0 spiro atoms. The third-order valence-electron chi connectivity index (χ3n) is 2.73. The fourth-order valence-electron chi connectivity index (χ4n) is 1.60. The van der Waals surface area contributed by atoms with Crippen LogP contribution in [0.15, 0.2) is 24.3 Å². The summed E-state index contributed by atoms with van der Waals surface area (Å²) < 4.78 is 0. The second kappa shape index (κ2) is 7.47. The van der Waals surface area contributed by atoms with Crippen molar-refractivity contribution in [3.63, 3.8) is 0 Å². The molecule has 0 aliphatic heterocycles. The van der Waals surface area contributed by atoms with Gasteiger partial charge in [-0.2, -0.15) is 0 Å². The van der Waals surface area contributed by atoms with Crippen LogP contribution in [0.5, 0.6) is 0 Å². The summed E-state index contributed by atoms with van der Waals surface area (Å²) in [7, 11) is 0. The van der Waals surface area contributed by atoms with E-state index in [2.05, 4.69) is 43.4 Å². The van der Waals surface area contributed by atoms with Gasteiger partial charge < -0.3 is 5.32 Å². The van der Waals surface area contributed by atoms with E-state index < -0.39 is 0 Å². The average Bonchev–Trinajstić information content (AvgIpc) is 2.30. The van der Waals surface area contributed by atoms with Crippen LogP contribution in [0.25, 0.3) is 0 Å². The Balaban J connectivity index is 2.20. The Kier molecular flexibility index (Phi) is 6.10. The van der Waals surface area contributed by atoms with Crippen LogP contribution in [-0.4, -0.2) is 13.1 Å². The maximum Gasteiger partial charge on any atom is -0.000835 e. The third-order valence-corrected chi connectivity index (χ3v) is 2.73. The zero-order chi connectivity index (χ0) is 10.9. The van der Waals surface area contributed by atoms with Crippen LogP contribution in [0.3, 0.4) is 0 Å². The topological polar surface area (TPSA) is 12.0 Å². The SMILES string of the molecule is CCCCNCCc1ccc(CC)cc1. The molecule has 0 fully saturated rings. The van der Waals surface area contributed by atoms with Gasteiger partial charge in [-0.1, -0.05) is 44.5 Å². The van der Waals surface area contributed by atoms with Gasteiger partial charge >= 0.3 is 0 Å². The molecule has 0 radical (unpaired) electrons.